The molecule has 3 heterocycles. The number of aromatic nitrogens is 2. The number of benzene rings is 2. The monoisotopic (exact) mass is 756 g/mol. The molecule has 2 aliphatic heterocycles. The SMILES string of the molecule is CCOC(=O)C1(N(Cc2cccc(CN3CCCC3)c2)c2nc(C)nc(N)c2[N+](=O)[O-])CC1.CCOC(=O)C1(NCc2cccc(CN3CCCC3)c2)CC1. The molecule has 2 saturated carbocycles. The van der Waals surface area contributed by atoms with Gasteiger partial charge in [0.1, 0.15) is 16.9 Å². The fourth-order valence-electron chi connectivity index (χ4n) is 7.70. The van der Waals surface area contributed by atoms with Crippen LogP contribution in [-0.4, -0.2) is 87.1 Å². The number of hydrogen-bond donors (Lipinski definition) is 2. The number of nitrogens with zero attached hydrogens (tertiary/aromatic N) is 6. The van der Waals surface area contributed by atoms with Crippen molar-refractivity contribution in [2.24, 2.45) is 0 Å². The van der Waals surface area contributed by atoms with Gasteiger partial charge in [0.2, 0.25) is 11.6 Å². The standard InChI is InChI=1S/C23H30N6O4.C18H26N2O2/c1-3-33-22(30)23(9-10-23)28(21-19(29(31)32)20(24)25-16(2)26-21)15-18-8-6-7-17(13-18)14-27-11-4-5-12-27;1-2-22-17(21)18(8-9-18)19-13-15-6-5-7-16(12-15)14-20-10-3-4-11-20/h6-8,13H,3-5,9-12,14-15H2,1-2H3,(H2,24,25,26);5-7,12,19H,2-4,8-11,13-14H2,1H3. The van der Waals surface area contributed by atoms with Crippen molar-refractivity contribution in [3.63, 3.8) is 0 Å². The second-order valence-electron chi connectivity index (χ2n) is 15.2. The molecule has 0 spiro atoms. The quantitative estimate of drug-likeness (QED) is 0.108. The van der Waals surface area contributed by atoms with Crippen LogP contribution in [0.5, 0.6) is 0 Å². The molecule has 2 aliphatic carbocycles. The van der Waals surface area contributed by atoms with Crippen molar-refractivity contribution >= 4 is 29.3 Å². The molecule has 1 aromatic heterocycles. The molecule has 0 amide bonds. The van der Waals surface area contributed by atoms with Gasteiger partial charge in [-0.05, 0) is 121 Å². The number of carbonyl (C=O) groups is 2. The van der Waals surface area contributed by atoms with Crippen molar-refractivity contribution in [2.45, 2.75) is 109 Å². The van der Waals surface area contributed by atoms with Gasteiger partial charge in [0, 0.05) is 26.2 Å². The Morgan fingerprint density at radius 3 is 1.89 bits per heavy atom. The van der Waals surface area contributed by atoms with Crippen LogP contribution in [0.4, 0.5) is 17.3 Å². The van der Waals surface area contributed by atoms with Crippen LogP contribution < -0.4 is 16.0 Å². The van der Waals surface area contributed by atoms with E-state index in [1.165, 1.54) is 55.5 Å². The minimum atomic E-state index is -1.00. The number of esters is 2. The molecule has 0 atom stereocenters. The number of nitrogens with two attached hydrogens (primary N) is 1. The zero-order valence-corrected chi connectivity index (χ0v) is 32.6. The average molecular weight is 757 g/mol. The molecule has 4 aliphatic rings. The number of hydrogen-bond acceptors (Lipinski definition) is 13. The van der Waals surface area contributed by atoms with Crippen molar-refractivity contribution in [1.29, 1.82) is 0 Å². The highest BCUT2D eigenvalue weighted by Crippen LogP contribution is 2.48. The third-order valence-electron chi connectivity index (χ3n) is 10.9. The van der Waals surface area contributed by atoms with Crippen LogP contribution in [0, 0.1) is 17.0 Å². The van der Waals surface area contributed by atoms with Gasteiger partial charge < -0.3 is 20.1 Å². The zero-order chi connectivity index (χ0) is 39.0. The van der Waals surface area contributed by atoms with Gasteiger partial charge in [0.05, 0.1) is 18.1 Å². The number of likely N-dealkylation sites (tertiary alicyclic amines) is 2. The third kappa shape index (κ3) is 9.96. The first-order valence-corrected chi connectivity index (χ1v) is 19.8. The van der Waals surface area contributed by atoms with E-state index in [0.717, 1.165) is 51.1 Å². The van der Waals surface area contributed by atoms with Gasteiger partial charge in [-0.3, -0.25) is 30.0 Å². The molecule has 14 nitrogen and oxygen atoms in total. The average Bonchev–Trinajstić information content (AvgIpc) is 4.02. The number of ether oxygens (including phenoxy) is 2. The minimum Gasteiger partial charge on any atom is -0.465 e. The van der Waals surface area contributed by atoms with Crippen LogP contribution in [0.3, 0.4) is 0 Å². The molecule has 2 saturated heterocycles. The molecule has 2 aromatic carbocycles. The lowest BCUT2D eigenvalue weighted by molar-refractivity contribution is -0.383. The van der Waals surface area contributed by atoms with E-state index in [4.69, 9.17) is 15.2 Å². The van der Waals surface area contributed by atoms with Gasteiger partial charge in [0.25, 0.3) is 0 Å². The van der Waals surface area contributed by atoms with Crippen LogP contribution in [-0.2, 0) is 45.2 Å². The first-order valence-electron chi connectivity index (χ1n) is 19.8. The molecule has 0 unspecified atom stereocenters. The number of aryl methyl sites for hydroxylation is 1. The predicted octanol–water partition coefficient (Wildman–Crippen LogP) is 5.44. The van der Waals surface area contributed by atoms with Crippen LogP contribution in [0.25, 0.3) is 0 Å². The van der Waals surface area contributed by atoms with Crippen molar-refractivity contribution in [3.05, 3.63) is 86.7 Å². The number of carbonyl (C=O) groups excluding carboxylic acids is 2. The summed E-state index contributed by atoms with van der Waals surface area (Å²) in [5.41, 5.74) is 8.84. The van der Waals surface area contributed by atoms with Gasteiger partial charge in [-0.25, -0.2) is 14.8 Å². The summed E-state index contributed by atoms with van der Waals surface area (Å²) in [5.74, 6) is -0.346. The van der Waals surface area contributed by atoms with Gasteiger partial charge in [0.15, 0.2) is 0 Å². The molecule has 296 valence electrons. The molecular weight excluding hydrogens is 701 g/mol. The maximum absolute atomic E-state index is 13.0. The predicted molar refractivity (Wildman–Crippen MR) is 210 cm³/mol. The maximum atomic E-state index is 13.0. The van der Waals surface area contributed by atoms with E-state index >= 15 is 0 Å². The van der Waals surface area contributed by atoms with Crippen LogP contribution in [0.1, 0.15) is 93.3 Å². The molecule has 0 bridgehead atoms. The largest absolute Gasteiger partial charge is 0.465 e. The molecule has 3 N–H and O–H groups in total. The first-order chi connectivity index (χ1) is 26.6. The summed E-state index contributed by atoms with van der Waals surface area (Å²) in [6, 6.07) is 16.8. The van der Waals surface area contributed by atoms with Crippen molar-refractivity contribution in [1.82, 2.24) is 25.1 Å². The summed E-state index contributed by atoms with van der Waals surface area (Å²) in [5, 5.41) is 15.3. The smallest absolute Gasteiger partial charge is 0.353 e. The van der Waals surface area contributed by atoms with Gasteiger partial charge >= 0.3 is 17.6 Å². The Hall–Kier alpha value is -4.66. The summed E-state index contributed by atoms with van der Waals surface area (Å²) in [4.78, 5) is 51.2. The molecular formula is C41H56N8O6. The summed E-state index contributed by atoms with van der Waals surface area (Å²) >= 11 is 0. The number of nitrogens with one attached hydrogen (secondary N) is 1. The molecule has 14 heteroatoms. The molecule has 7 rings (SSSR count). The second kappa shape index (κ2) is 17.9. The van der Waals surface area contributed by atoms with Crippen molar-refractivity contribution in [3.8, 4) is 0 Å². The van der Waals surface area contributed by atoms with E-state index in [1.54, 1.807) is 18.7 Å². The number of nitrogen functional groups attached to an aromatic ring is 1. The normalized spacial score (nSPS) is 18.2. The molecule has 3 aromatic rings. The summed E-state index contributed by atoms with van der Waals surface area (Å²) < 4.78 is 10.5. The lowest BCUT2D eigenvalue weighted by Crippen LogP contribution is -2.45. The van der Waals surface area contributed by atoms with Crippen LogP contribution >= 0.6 is 0 Å². The van der Waals surface area contributed by atoms with Gasteiger partial charge in [-0.2, -0.15) is 0 Å². The van der Waals surface area contributed by atoms with E-state index in [1.807, 2.05) is 19.1 Å². The Morgan fingerprint density at radius 1 is 0.836 bits per heavy atom. The summed E-state index contributed by atoms with van der Waals surface area (Å²) in [6.45, 7) is 13.4. The van der Waals surface area contributed by atoms with E-state index in [0.29, 0.717) is 25.3 Å². The number of nitro groups is 1. The molecule has 4 fully saturated rings. The highest BCUT2D eigenvalue weighted by molar-refractivity contribution is 5.90. The summed E-state index contributed by atoms with van der Waals surface area (Å²) in [6.07, 6.45) is 7.91. The topological polar surface area (TPSA) is 169 Å². The first kappa shape index (κ1) is 40.0. The highest BCUT2D eigenvalue weighted by Gasteiger charge is 2.58. The number of anilines is 2. The zero-order valence-electron chi connectivity index (χ0n) is 32.6. The Morgan fingerprint density at radius 2 is 1.36 bits per heavy atom. The van der Waals surface area contributed by atoms with Crippen molar-refractivity contribution in [2.75, 3.05) is 50.0 Å². The van der Waals surface area contributed by atoms with E-state index in [-0.39, 0.29) is 36.4 Å². The lowest BCUT2D eigenvalue weighted by atomic mass is 10.1. The van der Waals surface area contributed by atoms with Crippen LogP contribution in [0.15, 0.2) is 48.5 Å². The van der Waals surface area contributed by atoms with E-state index in [2.05, 4.69) is 61.5 Å². The minimum absolute atomic E-state index is 0.0560. The van der Waals surface area contributed by atoms with Crippen molar-refractivity contribution < 1.29 is 24.0 Å². The Bertz CT molecular complexity index is 1820. The fraction of sp³-hybridized carbons (Fsp3) is 0.561. The highest BCUT2D eigenvalue weighted by atomic mass is 16.6. The van der Waals surface area contributed by atoms with Gasteiger partial charge in [-0.1, -0.05) is 48.5 Å². The molecule has 55 heavy (non-hydrogen) atoms. The Labute approximate surface area is 323 Å². The molecule has 0 radical (unpaired) electrons. The van der Waals surface area contributed by atoms with Crippen LogP contribution in [0.2, 0.25) is 0 Å². The lowest BCUT2D eigenvalue weighted by Gasteiger charge is -2.31. The maximum Gasteiger partial charge on any atom is 0.353 e. The summed E-state index contributed by atoms with van der Waals surface area (Å²) in [7, 11) is 0. The van der Waals surface area contributed by atoms with E-state index < -0.39 is 22.0 Å². The third-order valence-corrected chi connectivity index (χ3v) is 10.9. The van der Waals surface area contributed by atoms with E-state index in [9.17, 15) is 19.7 Å². The fourth-order valence-corrected chi connectivity index (χ4v) is 7.70. The van der Waals surface area contributed by atoms with Gasteiger partial charge in [-0.15, -0.1) is 0 Å². The second-order valence-corrected chi connectivity index (χ2v) is 15.2. The Kier molecular flexibility index (Phi) is 13.0. The Balaban J connectivity index is 0.000000203. The number of rotatable bonds is 16.